The summed E-state index contributed by atoms with van der Waals surface area (Å²) in [6, 6.07) is 16.3. The Morgan fingerprint density at radius 2 is 1.88 bits per heavy atom. The number of H-pyrrole nitrogens is 1. The van der Waals surface area contributed by atoms with Gasteiger partial charge in [-0.25, -0.2) is 0 Å². The number of ether oxygens (including phenoxy) is 1. The number of hydrogen-bond acceptors (Lipinski definition) is 4. The van der Waals surface area contributed by atoms with Gasteiger partial charge in [0.1, 0.15) is 5.69 Å². The molecule has 1 amide bonds. The second-order valence-electron chi connectivity index (χ2n) is 7.91. The second kappa shape index (κ2) is 9.52. The van der Waals surface area contributed by atoms with Crippen LogP contribution in [0.25, 0.3) is 34.2 Å². The lowest BCUT2D eigenvalue weighted by Gasteiger charge is -2.29. The van der Waals surface area contributed by atoms with E-state index in [0.29, 0.717) is 18.9 Å². The van der Waals surface area contributed by atoms with Crippen molar-refractivity contribution in [3.05, 3.63) is 71.7 Å². The van der Waals surface area contributed by atoms with E-state index in [9.17, 15) is 4.79 Å². The quantitative estimate of drug-likeness (QED) is 0.466. The van der Waals surface area contributed by atoms with Crippen molar-refractivity contribution < 1.29 is 9.53 Å². The number of nitrogens with zero attached hydrogens (tertiary/aromatic N) is 3. The Morgan fingerprint density at radius 3 is 2.67 bits per heavy atom. The third-order valence-electron chi connectivity index (χ3n) is 5.93. The molecule has 0 atom stereocenters. The van der Waals surface area contributed by atoms with Crippen molar-refractivity contribution in [2.45, 2.75) is 0 Å². The summed E-state index contributed by atoms with van der Waals surface area (Å²) in [5, 5.41) is 8.57. The molecule has 3 N–H and O–H groups in total. The normalized spacial score (nSPS) is 14.0. The molecule has 170 valence electrons. The Balaban J connectivity index is 0.00000259. The first-order valence-electron chi connectivity index (χ1n) is 10.7. The van der Waals surface area contributed by atoms with Crippen LogP contribution in [-0.4, -0.2) is 47.0 Å². The number of nitrogens with two attached hydrogens (primary N) is 1. The van der Waals surface area contributed by atoms with Crippen LogP contribution >= 0.6 is 12.4 Å². The Hall–Kier alpha value is -3.55. The third-order valence-corrected chi connectivity index (χ3v) is 5.93. The number of aromatic amines is 1. The highest BCUT2D eigenvalue weighted by Crippen LogP contribution is 2.33. The number of carbonyl (C=O) groups excluding carboxylic acids is 1. The monoisotopic (exact) mass is 463 g/mol. The Labute approximate surface area is 198 Å². The van der Waals surface area contributed by atoms with Gasteiger partial charge >= 0.3 is 0 Å². The number of hydrogen-bond donors (Lipinski definition) is 2. The average Bonchev–Trinajstić information content (AvgIpc) is 3.41. The summed E-state index contributed by atoms with van der Waals surface area (Å²) >= 11 is 0. The smallest absolute Gasteiger partial charge is 0.265 e. The predicted octanol–water partition coefficient (Wildman–Crippen LogP) is 4.10. The highest BCUT2D eigenvalue weighted by Gasteiger charge is 2.19. The zero-order chi connectivity index (χ0) is 22.1. The lowest BCUT2D eigenvalue weighted by Crippen LogP contribution is -2.36. The first-order valence-corrected chi connectivity index (χ1v) is 10.7. The fourth-order valence-corrected chi connectivity index (χ4v) is 4.28. The molecule has 0 bridgehead atoms. The number of amides is 1. The molecule has 2 aromatic heterocycles. The average molecular weight is 464 g/mol. The van der Waals surface area contributed by atoms with Crippen molar-refractivity contribution in [3.8, 4) is 11.1 Å². The van der Waals surface area contributed by atoms with Crippen molar-refractivity contribution in [3.63, 3.8) is 0 Å². The molecule has 1 aliphatic heterocycles. The molecular formula is C25H26ClN5O2. The van der Waals surface area contributed by atoms with Crippen LogP contribution in [0, 0.1) is 0 Å². The summed E-state index contributed by atoms with van der Waals surface area (Å²) in [6.45, 7) is 3.10. The Bertz CT molecular complexity index is 1320. The van der Waals surface area contributed by atoms with Gasteiger partial charge in [-0.15, -0.1) is 12.4 Å². The van der Waals surface area contributed by atoms with E-state index in [1.165, 1.54) is 0 Å². The summed E-state index contributed by atoms with van der Waals surface area (Å²) in [5.41, 5.74) is 11.9. The molecule has 2 aromatic carbocycles. The van der Waals surface area contributed by atoms with E-state index in [4.69, 9.17) is 10.5 Å². The number of rotatable bonds is 5. The molecule has 4 aromatic rings. The minimum Gasteiger partial charge on any atom is -0.378 e. The van der Waals surface area contributed by atoms with Crippen molar-refractivity contribution in [2.24, 2.45) is 12.8 Å². The molecule has 0 unspecified atom stereocenters. The molecule has 1 aliphatic rings. The van der Waals surface area contributed by atoms with Crippen molar-refractivity contribution in [1.82, 2.24) is 14.8 Å². The van der Waals surface area contributed by atoms with Crippen LogP contribution < -0.4 is 10.6 Å². The molecule has 1 fully saturated rings. The number of para-hydroxylation sites is 1. The number of fused-ring (bicyclic) bond motifs is 1. The standard InChI is InChI=1S/C25H25N5O2.ClH/c1-29-11-10-19(24(29)25(26)31)21-16-18(30-12-14-32-15-13-30)8-6-17(21)7-9-23-20-4-2-3-5-22(20)27-28-23;/h2-11,16H,12-15H2,1H3,(H2,26,31)(H,27,28);1H/b9-7+;. The van der Waals surface area contributed by atoms with Crippen molar-refractivity contribution in [1.29, 1.82) is 0 Å². The van der Waals surface area contributed by atoms with Crippen LogP contribution in [0.4, 0.5) is 5.69 Å². The van der Waals surface area contributed by atoms with E-state index < -0.39 is 5.91 Å². The van der Waals surface area contributed by atoms with E-state index in [-0.39, 0.29) is 12.4 Å². The van der Waals surface area contributed by atoms with Crippen LogP contribution in [0.15, 0.2) is 54.7 Å². The maximum Gasteiger partial charge on any atom is 0.265 e. The van der Waals surface area contributed by atoms with Crippen LogP contribution in [0.1, 0.15) is 21.7 Å². The lowest BCUT2D eigenvalue weighted by molar-refractivity contribution is 0.0993. The van der Waals surface area contributed by atoms with E-state index >= 15 is 0 Å². The Kier molecular flexibility index (Phi) is 6.53. The van der Waals surface area contributed by atoms with Crippen LogP contribution in [0.5, 0.6) is 0 Å². The van der Waals surface area contributed by atoms with Crippen LogP contribution in [-0.2, 0) is 11.8 Å². The highest BCUT2D eigenvalue weighted by molar-refractivity contribution is 6.00. The largest absolute Gasteiger partial charge is 0.378 e. The number of halogens is 1. The van der Waals surface area contributed by atoms with Gasteiger partial charge in [0.2, 0.25) is 0 Å². The van der Waals surface area contributed by atoms with E-state index in [0.717, 1.165) is 52.1 Å². The summed E-state index contributed by atoms with van der Waals surface area (Å²) in [5.74, 6) is -0.447. The topological polar surface area (TPSA) is 89.2 Å². The number of carbonyl (C=O) groups is 1. The van der Waals surface area contributed by atoms with Gasteiger partial charge in [-0.1, -0.05) is 30.3 Å². The van der Waals surface area contributed by atoms with Gasteiger partial charge in [0.15, 0.2) is 0 Å². The van der Waals surface area contributed by atoms with Gasteiger partial charge in [-0.05, 0) is 41.5 Å². The van der Waals surface area contributed by atoms with E-state index in [1.807, 2.05) is 55.7 Å². The first-order chi connectivity index (χ1) is 15.6. The van der Waals surface area contributed by atoms with Crippen LogP contribution in [0.3, 0.4) is 0 Å². The molecule has 7 nitrogen and oxygen atoms in total. The molecule has 3 heterocycles. The molecule has 33 heavy (non-hydrogen) atoms. The fourth-order valence-electron chi connectivity index (χ4n) is 4.28. The third kappa shape index (κ3) is 4.37. The molecule has 8 heteroatoms. The summed E-state index contributed by atoms with van der Waals surface area (Å²) in [7, 11) is 1.83. The first kappa shape index (κ1) is 22.6. The minimum absolute atomic E-state index is 0. The maximum atomic E-state index is 12.2. The molecular weight excluding hydrogens is 438 g/mol. The number of aromatic nitrogens is 3. The van der Waals surface area contributed by atoms with Crippen LogP contribution in [0.2, 0.25) is 0 Å². The Morgan fingerprint density at radius 1 is 1.09 bits per heavy atom. The van der Waals surface area contributed by atoms with Crippen molar-refractivity contribution in [2.75, 3.05) is 31.2 Å². The predicted molar refractivity (Wildman–Crippen MR) is 135 cm³/mol. The summed E-state index contributed by atoms with van der Waals surface area (Å²) < 4.78 is 7.27. The minimum atomic E-state index is -0.447. The molecule has 0 aliphatic carbocycles. The summed E-state index contributed by atoms with van der Waals surface area (Å²) in [4.78, 5) is 14.5. The SMILES string of the molecule is Cl.Cn1ccc(-c2cc(N3CCOCC3)ccc2/C=C/c2n[nH]c3ccccc23)c1C(N)=O. The van der Waals surface area contributed by atoms with Gasteiger partial charge < -0.3 is 19.9 Å². The fraction of sp³-hybridized carbons (Fsp3) is 0.200. The molecule has 0 saturated carbocycles. The lowest BCUT2D eigenvalue weighted by atomic mass is 9.97. The number of benzene rings is 2. The molecule has 5 rings (SSSR count). The molecule has 1 saturated heterocycles. The van der Waals surface area contributed by atoms with Gasteiger partial charge in [0, 0.05) is 43.0 Å². The maximum absolute atomic E-state index is 12.2. The summed E-state index contributed by atoms with van der Waals surface area (Å²) in [6.07, 6.45) is 5.91. The molecule has 0 spiro atoms. The zero-order valence-electron chi connectivity index (χ0n) is 18.3. The van der Waals surface area contributed by atoms with Crippen molar-refractivity contribution >= 4 is 47.1 Å². The second-order valence-corrected chi connectivity index (χ2v) is 7.91. The number of nitrogens with one attached hydrogen (secondary N) is 1. The van der Waals surface area contributed by atoms with Gasteiger partial charge in [-0.3, -0.25) is 9.89 Å². The molecule has 0 radical (unpaired) electrons. The number of primary amides is 1. The van der Waals surface area contributed by atoms with Gasteiger partial charge in [0.05, 0.1) is 24.4 Å². The van der Waals surface area contributed by atoms with E-state index in [2.05, 4.69) is 33.3 Å². The highest BCUT2D eigenvalue weighted by atomic mass is 35.5. The number of aryl methyl sites for hydroxylation is 1. The van der Waals surface area contributed by atoms with Gasteiger partial charge in [-0.2, -0.15) is 5.10 Å². The van der Waals surface area contributed by atoms with Gasteiger partial charge in [0.25, 0.3) is 5.91 Å². The zero-order valence-corrected chi connectivity index (χ0v) is 19.1. The number of anilines is 1. The number of morpholine rings is 1. The van der Waals surface area contributed by atoms with E-state index in [1.54, 1.807) is 4.57 Å².